The molecule has 0 radical (unpaired) electrons. The van der Waals surface area contributed by atoms with Crippen LogP contribution < -0.4 is 0 Å². The van der Waals surface area contributed by atoms with E-state index in [1.165, 1.54) is 57.8 Å². The highest BCUT2D eigenvalue weighted by Gasteiger charge is 2.22. The quantitative estimate of drug-likeness (QED) is 0.0413. The van der Waals surface area contributed by atoms with Crippen molar-refractivity contribution in [3.63, 3.8) is 0 Å². The highest BCUT2D eigenvalue weighted by molar-refractivity contribution is 7.46. The second-order valence-electron chi connectivity index (χ2n) is 10.4. The Morgan fingerprint density at radius 3 is 1.64 bits per heavy atom. The van der Waals surface area contributed by atoms with Gasteiger partial charge < -0.3 is 19.3 Å². The van der Waals surface area contributed by atoms with E-state index in [2.05, 4.69) is 30.5 Å². The Balaban J connectivity index is 4.07. The number of unbranched alkanes of at least 4 members (excludes halogenated alkanes) is 16. The van der Waals surface area contributed by atoms with Crippen LogP contribution >= 0.6 is 7.82 Å². The highest BCUT2D eigenvalue weighted by Crippen LogP contribution is 2.35. The van der Waals surface area contributed by atoms with Crippen molar-refractivity contribution in [3.05, 3.63) is 12.2 Å². The van der Waals surface area contributed by atoms with E-state index in [0.29, 0.717) is 6.42 Å². The molecule has 2 N–H and O–H groups in total. The number of hydrogen-bond donors (Lipinski definition) is 2. The van der Waals surface area contributed by atoms with Crippen LogP contribution in [0.5, 0.6) is 0 Å². The number of rotatable bonds is 28. The van der Waals surface area contributed by atoms with Crippen molar-refractivity contribution in [2.75, 3.05) is 13.2 Å². The summed E-state index contributed by atoms with van der Waals surface area (Å²) in [7, 11) is -4.73. The Hall–Kier alpha value is -1.21. The number of allylic oxidation sites excluding steroid dienone is 2. The number of ether oxygens (including phenoxy) is 2. The monoisotopic (exact) mass is 576 g/mol. The third-order valence-electron chi connectivity index (χ3n) is 6.53. The Morgan fingerprint density at radius 2 is 1.10 bits per heavy atom. The maximum Gasteiger partial charge on any atom is 0.469 e. The van der Waals surface area contributed by atoms with Gasteiger partial charge in [0.05, 0.1) is 6.61 Å². The molecule has 0 saturated heterocycles. The van der Waals surface area contributed by atoms with Crippen molar-refractivity contribution in [1.82, 2.24) is 0 Å². The Morgan fingerprint density at radius 1 is 0.641 bits per heavy atom. The fraction of sp³-hybridized carbons (Fsp3) is 0.867. The molecule has 39 heavy (non-hydrogen) atoms. The molecule has 0 amide bonds. The van der Waals surface area contributed by atoms with Crippen molar-refractivity contribution in [3.8, 4) is 0 Å². The third-order valence-corrected chi connectivity index (χ3v) is 7.02. The third kappa shape index (κ3) is 29.6. The predicted octanol–water partition coefficient (Wildman–Crippen LogP) is 8.34. The van der Waals surface area contributed by atoms with E-state index in [4.69, 9.17) is 19.3 Å². The number of phosphoric ester groups is 1. The second kappa shape index (κ2) is 27.0. The standard InChI is InChI=1S/C30H57O8P/c1-3-5-7-9-11-13-15-17-19-21-23-25-30(32)38-28(27-37-39(33,34)35)26-36-29(31)24-22-20-18-16-14-12-10-8-6-4-2/h9,11,28H,3-8,10,12-27H2,1-2H3,(H2,33,34,35)/b11-9-. The molecule has 0 aliphatic heterocycles. The molecule has 0 aliphatic rings. The van der Waals surface area contributed by atoms with E-state index in [9.17, 15) is 14.2 Å². The molecule has 9 heteroatoms. The van der Waals surface area contributed by atoms with Crippen molar-refractivity contribution < 1.29 is 37.9 Å². The summed E-state index contributed by atoms with van der Waals surface area (Å²) in [5.41, 5.74) is 0. The molecule has 0 aromatic heterocycles. The summed E-state index contributed by atoms with van der Waals surface area (Å²) in [6.45, 7) is 3.59. The minimum Gasteiger partial charge on any atom is -0.462 e. The van der Waals surface area contributed by atoms with Gasteiger partial charge in [0.1, 0.15) is 6.61 Å². The van der Waals surface area contributed by atoms with Gasteiger partial charge in [-0.25, -0.2) is 4.57 Å². The van der Waals surface area contributed by atoms with E-state index >= 15 is 0 Å². The van der Waals surface area contributed by atoms with Gasteiger partial charge >= 0.3 is 19.8 Å². The first-order valence-electron chi connectivity index (χ1n) is 15.5. The number of phosphoric acid groups is 1. The number of esters is 2. The summed E-state index contributed by atoms with van der Waals surface area (Å²) in [6.07, 6.45) is 25.1. The van der Waals surface area contributed by atoms with E-state index in [1.807, 2.05) is 0 Å². The lowest BCUT2D eigenvalue weighted by atomic mass is 10.1. The summed E-state index contributed by atoms with van der Waals surface area (Å²) < 4.78 is 26.1. The molecule has 230 valence electrons. The number of carbonyl (C=O) groups is 2. The summed E-state index contributed by atoms with van der Waals surface area (Å²) in [5.74, 6) is -0.897. The lowest BCUT2D eigenvalue weighted by molar-refractivity contribution is -0.161. The predicted molar refractivity (Wildman–Crippen MR) is 156 cm³/mol. The largest absolute Gasteiger partial charge is 0.469 e. The smallest absolute Gasteiger partial charge is 0.462 e. The molecule has 0 fully saturated rings. The van der Waals surface area contributed by atoms with Crippen molar-refractivity contribution >= 4 is 19.8 Å². The van der Waals surface area contributed by atoms with Gasteiger partial charge in [-0.3, -0.25) is 14.1 Å². The van der Waals surface area contributed by atoms with E-state index in [-0.39, 0.29) is 19.4 Å². The van der Waals surface area contributed by atoms with Crippen LogP contribution in [0.3, 0.4) is 0 Å². The van der Waals surface area contributed by atoms with Crippen molar-refractivity contribution in [2.24, 2.45) is 0 Å². The first kappa shape index (κ1) is 37.8. The summed E-state index contributed by atoms with van der Waals surface area (Å²) in [4.78, 5) is 42.3. The van der Waals surface area contributed by atoms with E-state index < -0.39 is 32.5 Å². The van der Waals surface area contributed by atoms with Crippen molar-refractivity contribution in [1.29, 1.82) is 0 Å². The SMILES string of the molecule is CCCC/C=C\CCCCCCCC(=O)OC(COC(=O)CCCCCCCCCCCC)COP(=O)(O)O. The van der Waals surface area contributed by atoms with Gasteiger partial charge in [0.15, 0.2) is 6.10 Å². The van der Waals surface area contributed by atoms with Gasteiger partial charge in [0, 0.05) is 12.8 Å². The molecule has 1 unspecified atom stereocenters. The topological polar surface area (TPSA) is 119 Å². The Labute approximate surface area is 237 Å². The number of carbonyl (C=O) groups excluding carboxylic acids is 2. The first-order valence-corrected chi connectivity index (χ1v) is 17.0. The molecule has 0 aromatic rings. The minimum atomic E-state index is -4.73. The average molecular weight is 577 g/mol. The van der Waals surface area contributed by atoms with E-state index in [0.717, 1.165) is 57.8 Å². The van der Waals surface area contributed by atoms with Crippen LogP contribution in [0.15, 0.2) is 12.2 Å². The van der Waals surface area contributed by atoms with Crippen molar-refractivity contribution in [2.45, 2.75) is 155 Å². The van der Waals surface area contributed by atoms with Gasteiger partial charge in [0.2, 0.25) is 0 Å². The minimum absolute atomic E-state index is 0.204. The number of hydrogen-bond acceptors (Lipinski definition) is 6. The van der Waals surface area contributed by atoms with Crippen LogP contribution in [0.4, 0.5) is 0 Å². The van der Waals surface area contributed by atoms with Crippen LogP contribution in [0.25, 0.3) is 0 Å². The second-order valence-corrected chi connectivity index (χ2v) is 11.7. The van der Waals surface area contributed by atoms with Gasteiger partial charge in [-0.05, 0) is 32.1 Å². The molecule has 0 bridgehead atoms. The van der Waals surface area contributed by atoms with E-state index in [1.54, 1.807) is 0 Å². The summed E-state index contributed by atoms with van der Waals surface area (Å²) >= 11 is 0. The molecule has 1 atom stereocenters. The van der Waals surface area contributed by atoms with Crippen LogP contribution in [0.1, 0.15) is 149 Å². The van der Waals surface area contributed by atoms with Crippen LogP contribution in [-0.2, 0) is 28.2 Å². The molecular weight excluding hydrogens is 519 g/mol. The first-order chi connectivity index (χ1) is 18.8. The Bertz CT molecular complexity index is 661. The molecule has 0 saturated carbocycles. The zero-order chi connectivity index (χ0) is 29.0. The van der Waals surface area contributed by atoms with Crippen LogP contribution in [-0.4, -0.2) is 41.0 Å². The maximum atomic E-state index is 12.2. The maximum absolute atomic E-state index is 12.2. The van der Waals surface area contributed by atoms with Crippen LogP contribution in [0.2, 0.25) is 0 Å². The van der Waals surface area contributed by atoms with Gasteiger partial charge in [0.25, 0.3) is 0 Å². The molecule has 0 rings (SSSR count). The lowest BCUT2D eigenvalue weighted by Gasteiger charge is -2.18. The highest BCUT2D eigenvalue weighted by atomic mass is 31.2. The molecule has 8 nitrogen and oxygen atoms in total. The summed E-state index contributed by atoms with van der Waals surface area (Å²) in [5, 5.41) is 0. The lowest BCUT2D eigenvalue weighted by Crippen LogP contribution is -2.29. The van der Waals surface area contributed by atoms with Crippen LogP contribution in [0, 0.1) is 0 Å². The van der Waals surface area contributed by atoms with Gasteiger partial charge in [-0.2, -0.15) is 0 Å². The Kier molecular flexibility index (Phi) is 26.1. The summed E-state index contributed by atoms with van der Waals surface area (Å²) in [6, 6.07) is 0. The fourth-order valence-electron chi connectivity index (χ4n) is 4.18. The zero-order valence-corrected chi connectivity index (χ0v) is 25.7. The average Bonchev–Trinajstić information content (AvgIpc) is 2.89. The molecular formula is C30H57O8P. The molecule has 0 spiro atoms. The van der Waals surface area contributed by atoms with Gasteiger partial charge in [-0.15, -0.1) is 0 Å². The fourth-order valence-corrected chi connectivity index (χ4v) is 4.54. The molecule has 0 aromatic carbocycles. The molecule has 0 heterocycles. The molecule has 0 aliphatic carbocycles. The zero-order valence-electron chi connectivity index (χ0n) is 24.8. The van der Waals surface area contributed by atoms with Gasteiger partial charge in [-0.1, -0.05) is 116 Å². The normalized spacial score (nSPS) is 12.6.